The Morgan fingerprint density at radius 3 is 2.14 bits per heavy atom. The Balaban J connectivity index is 2.75. The van der Waals surface area contributed by atoms with Crippen LogP contribution < -0.4 is 11.5 Å². The summed E-state index contributed by atoms with van der Waals surface area (Å²) in [5.74, 6) is -3.73. The summed E-state index contributed by atoms with van der Waals surface area (Å²) in [5.41, 5.74) is 7.61. The lowest BCUT2D eigenvalue weighted by Crippen LogP contribution is -2.36. The van der Waals surface area contributed by atoms with Crippen molar-refractivity contribution in [1.82, 2.24) is 15.0 Å². The SMILES string of the molecule is CC(C)(c1c(F)cccc1F)n1nnc(C(N)=O)c1C(N)=O. The molecule has 0 bridgehead atoms. The third-order valence-electron chi connectivity index (χ3n) is 3.24. The first-order chi connectivity index (χ1) is 10.2. The maximum Gasteiger partial charge on any atom is 0.271 e. The summed E-state index contributed by atoms with van der Waals surface area (Å²) in [6.07, 6.45) is 0. The molecule has 116 valence electrons. The van der Waals surface area contributed by atoms with Gasteiger partial charge in [0.05, 0.1) is 11.1 Å². The van der Waals surface area contributed by atoms with Crippen LogP contribution in [0, 0.1) is 11.6 Å². The highest BCUT2D eigenvalue weighted by atomic mass is 19.1. The van der Waals surface area contributed by atoms with Gasteiger partial charge in [0.2, 0.25) is 0 Å². The summed E-state index contributed by atoms with van der Waals surface area (Å²) in [5, 5.41) is 7.10. The van der Waals surface area contributed by atoms with E-state index in [9.17, 15) is 18.4 Å². The molecule has 0 aliphatic heterocycles. The average Bonchev–Trinajstić information content (AvgIpc) is 2.83. The van der Waals surface area contributed by atoms with E-state index >= 15 is 0 Å². The van der Waals surface area contributed by atoms with Crippen LogP contribution in [0.1, 0.15) is 40.4 Å². The number of rotatable bonds is 4. The van der Waals surface area contributed by atoms with Crippen molar-refractivity contribution in [1.29, 1.82) is 0 Å². The van der Waals surface area contributed by atoms with E-state index in [0.29, 0.717) is 0 Å². The van der Waals surface area contributed by atoms with Crippen LogP contribution in [-0.4, -0.2) is 26.8 Å². The predicted molar refractivity (Wildman–Crippen MR) is 71.8 cm³/mol. The summed E-state index contributed by atoms with van der Waals surface area (Å²) in [6, 6.07) is 3.33. The van der Waals surface area contributed by atoms with Crippen molar-refractivity contribution in [3.63, 3.8) is 0 Å². The minimum absolute atomic E-state index is 0.349. The van der Waals surface area contributed by atoms with Gasteiger partial charge in [0.25, 0.3) is 11.8 Å². The molecule has 0 saturated carbocycles. The van der Waals surface area contributed by atoms with Crippen LogP contribution in [0.4, 0.5) is 8.78 Å². The van der Waals surface area contributed by atoms with Gasteiger partial charge < -0.3 is 11.5 Å². The molecule has 0 radical (unpaired) electrons. The highest BCUT2D eigenvalue weighted by Crippen LogP contribution is 2.31. The Morgan fingerprint density at radius 2 is 1.68 bits per heavy atom. The molecule has 4 N–H and O–H groups in total. The fraction of sp³-hybridized carbons (Fsp3) is 0.231. The Kier molecular flexibility index (Phi) is 3.65. The van der Waals surface area contributed by atoms with Crippen LogP contribution in [0.5, 0.6) is 0 Å². The maximum atomic E-state index is 14.0. The van der Waals surface area contributed by atoms with Crippen LogP contribution in [0.3, 0.4) is 0 Å². The number of nitrogens with zero attached hydrogens (tertiary/aromatic N) is 3. The first-order valence-electron chi connectivity index (χ1n) is 6.18. The lowest BCUT2D eigenvalue weighted by atomic mass is 9.92. The quantitative estimate of drug-likeness (QED) is 0.857. The number of primary amides is 2. The van der Waals surface area contributed by atoms with Crippen molar-refractivity contribution in [2.75, 3.05) is 0 Å². The predicted octanol–water partition coefficient (Wildman–Crippen LogP) is 0.537. The van der Waals surface area contributed by atoms with Gasteiger partial charge in [0, 0.05) is 0 Å². The summed E-state index contributed by atoms with van der Waals surface area (Å²) in [4.78, 5) is 22.9. The largest absolute Gasteiger partial charge is 0.364 e. The lowest BCUT2D eigenvalue weighted by molar-refractivity contribution is 0.0955. The molecule has 2 rings (SSSR count). The second-order valence-corrected chi connectivity index (χ2v) is 5.08. The van der Waals surface area contributed by atoms with Crippen molar-refractivity contribution in [2.45, 2.75) is 19.4 Å². The minimum atomic E-state index is -1.47. The highest BCUT2D eigenvalue weighted by molar-refractivity contribution is 6.03. The Bertz CT molecular complexity index is 750. The van der Waals surface area contributed by atoms with E-state index in [1.165, 1.54) is 19.9 Å². The molecule has 1 aromatic carbocycles. The molecule has 0 aliphatic rings. The van der Waals surface area contributed by atoms with Crippen LogP contribution >= 0.6 is 0 Å². The molecule has 0 saturated heterocycles. The van der Waals surface area contributed by atoms with E-state index in [2.05, 4.69) is 10.3 Å². The van der Waals surface area contributed by atoms with E-state index < -0.39 is 40.4 Å². The molecule has 7 nitrogen and oxygen atoms in total. The maximum absolute atomic E-state index is 14.0. The monoisotopic (exact) mass is 309 g/mol. The second-order valence-electron chi connectivity index (χ2n) is 5.08. The van der Waals surface area contributed by atoms with Gasteiger partial charge >= 0.3 is 0 Å². The van der Waals surface area contributed by atoms with Gasteiger partial charge in [-0.25, -0.2) is 13.5 Å². The van der Waals surface area contributed by atoms with Crippen molar-refractivity contribution in [3.8, 4) is 0 Å². The summed E-state index contributed by atoms with van der Waals surface area (Å²) in [6.45, 7) is 2.81. The standard InChI is InChI=1S/C13H13F2N5O2/c1-13(2,8-6(14)4-3-5-7(8)15)20-10(12(17)22)9(11(16)21)18-19-20/h3-5H,1-2H3,(H2,16,21)(H2,17,22). The summed E-state index contributed by atoms with van der Waals surface area (Å²) < 4.78 is 28.9. The van der Waals surface area contributed by atoms with E-state index in [0.717, 1.165) is 16.8 Å². The lowest BCUT2D eigenvalue weighted by Gasteiger charge is -2.27. The number of hydrogen-bond acceptors (Lipinski definition) is 4. The van der Waals surface area contributed by atoms with Gasteiger partial charge in [-0.05, 0) is 26.0 Å². The molecular formula is C13H13F2N5O2. The first kappa shape index (κ1) is 15.5. The number of carbonyl (C=O) groups excluding carboxylic acids is 2. The third kappa shape index (κ3) is 2.30. The number of nitrogens with two attached hydrogens (primary N) is 2. The van der Waals surface area contributed by atoms with Crippen LogP contribution in [0.15, 0.2) is 18.2 Å². The second kappa shape index (κ2) is 5.17. The minimum Gasteiger partial charge on any atom is -0.364 e. The third-order valence-corrected chi connectivity index (χ3v) is 3.24. The average molecular weight is 309 g/mol. The van der Waals surface area contributed by atoms with Crippen molar-refractivity contribution in [2.24, 2.45) is 11.5 Å². The number of carbonyl (C=O) groups is 2. The molecular weight excluding hydrogens is 296 g/mol. The van der Waals surface area contributed by atoms with Crippen LogP contribution in [0.2, 0.25) is 0 Å². The zero-order valence-electron chi connectivity index (χ0n) is 11.8. The van der Waals surface area contributed by atoms with Gasteiger partial charge in [-0.1, -0.05) is 11.3 Å². The number of aromatic nitrogens is 3. The topological polar surface area (TPSA) is 117 Å². The van der Waals surface area contributed by atoms with Crippen LogP contribution in [-0.2, 0) is 5.54 Å². The molecule has 22 heavy (non-hydrogen) atoms. The summed E-state index contributed by atoms with van der Waals surface area (Å²) >= 11 is 0. The number of amides is 2. The molecule has 0 spiro atoms. The molecule has 9 heteroatoms. The molecule has 2 amide bonds. The Hall–Kier alpha value is -2.84. The van der Waals surface area contributed by atoms with E-state index in [4.69, 9.17) is 11.5 Å². The molecule has 0 unspecified atom stereocenters. The van der Waals surface area contributed by atoms with Gasteiger partial charge in [-0.2, -0.15) is 0 Å². The van der Waals surface area contributed by atoms with Gasteiger partial charge in [0.1, 0.15) is 11.6 Å². The van der Waals surface area contributed by atoms with Crippen molar-refractivity contribution in [3.05, 3.63) is 46.8 Å². The zero-order valence-corrected chi connectivity index (χ0v) is 11.8. The molecule has 0 fully saturated rings. The molecule has 0 aliphatic carbocycles. The molecule has 0 atom stereocenters. The molecule has 1 heterocycles. The van der Waals surface area contributed by atoms with Crippen LogP contribution in [0.25, 0.3) is 0 Å². The highest BCUT2D eigenvalue weighted by Gasteiger charge is 2.36. The smallest absolute Gasteiger partial charge is 0.271 e. The van der Waals surface area contributed by atoms with Gasteiger partial charge in [0.15, 0.2) is 11.4 Å². The van der Waals surface area contributed by atoms with Crippen molar-refractivity contribution < 1.29 is 18.4 Å². The number of benzene rings is 1. The molecule has 2 aromatic rings. The molecule has 1 aromatic heterocycles. The Morgan fingerprint density at radius 1 is 1.14 bits per heavy atom. The number of hydrogen-bond donors (Lipinski definition) is 2. The Labute approximate surface area is 123 Å². The normalized spacial score (nSPS) is 11.5. The summed E-state index contributed by atoms with van der Waals surface area (Å²) in [7, 11) is 0. The first-order valence-corrected chi connectivity index (χ1v) is 6.18. The fourth-order valence-corrected chi connectivity index (χ4v) is 2.25. The number of halogens is 2. The van der Waals surface area contributed by atoms with Gasteiger partial charge in [-0.15, -0.1) is 5.10 Å². The van der Waals surface area contributed by atoms with E-state index in [1.54, 1.807) is 0 Å². The fourth-order valence-electron chi connectivity index (χ4n) is 2.25. The van der Waals surface area contributed by atoms with E-state index in [-0.39, 0.29) is 5.56 Å². The van der Waals surface area contributed by atoms with Gasteiger partial charge in [-0.3, -0.25) is 9.59 Å². The van der Waals surface area contributed by atoms with Crippen molar-refractivity contribution >= 4 is 11.8 Å². The zero-order chi connectivity index (χ0) is 16.7. The van der Waals surface area contributed by atoms with E-state index in [1.807, 2.05) is 0 Å².